The van der Waals surface area contributed by atoms with Crippen LogP contribution in [0.5, 0.6) is 0 Å². The molecule has 180 valence electrons. The van der Waals surface area contributed by atoms with Crippen molar-refractivity contribution in [1.29, 1.82) is 0 Å². The summed E-state index contributed by atoms with van der Waals surface area (Å²) in [5, 5.41) is 11.2. The van der Waals surface area contributed by atoms with E-state index >= 15 is 0 Å². The highest BCUT2D eigenvalue weighted by molar-refractivity contribution is 6.01. The first-order valence-corrected chi connectivity index (χ1v) is 11.5. The fraction of sp³-hybridized carbons (Fsp3) is 0.259. The number of methoxy groups -OCH3 is 1. The number of rotatable bonds is 9. The summed E-state index contributed by atoms with van der Waals surface area (Å²) < 4.78 is 6.66. The molecule has 0 aliphatic heterocycles. The average molecular weight is 472 g/mol. The third-order valence-corrected chi connectivity index (χ3v) is 5.79. The summed E-state index contributed by atoms with van der Waals surface area (Å²) >= 11 is 0. The molecule has 0 saturated heterocycles. The van der Waals surface area contributed by atoms with Crippen LogP contribution in [0, 0.1) is 13.8 Å². The van der Waals surface area contributed by atoms with Crippen molar-refractivity contribution in [2.45, 2.75) is 26.4 Å². The minimum atomic E-state index is -0.877. The quantitative estimate of drug-likeness (QED) is 0.377. The van der Waals surface area contributed by atoms with E-state index in [4.69, 9.17) is 4.74 Å². The molecule has 0 spiro atoms. The summed E-state index contributed by atoms with van der Waals surface area (Å²) in [6.45, 7) is 4.60. The predicted molar refractivity (Wildman–Crippen MR) is 135 cm³/mol. The molecule has 0 saturated carbocycles. The van der Waals surface area contributed by atoms with Gasteiger partial charge in [0, 0.05) is 19.3 Å². The molecule has 1 aromatic heterocycles. The molecule has 1 heterocycles. The van der Waals surface area contributed by atoms with Gasteiger partial charge < -0.3 is 10.1 Å². The molecule has 2 amide bonds. The second-order valence-corrected chi connectivity index (χ2v) is 8.43. The smallest absolute Gasteiger partial charge is 0.249 e. The molecule has 1 atom stereocenters. The summed E-state index contributed by atoms with van der Waals surface area (Å²) in [6, 6.07) is 21.8. The number of nitrogens with zero attached hydrogens (tertiary/aromatic N) is 4. The second-order valence-electron chi connectivity index (χ2n) is 8.43. The first-order valence-electron chi connectivity index (χ1n) is 11.5. The van der Waals surface area contributed by atoms with Gasteiger partial charge in [-0.15, -0.1) is 5.10 Å². The lowest BCUT2D eigenvalue weighted by atomic mass is 10.0. The van der Waals surface area contributed by atoms with Crippen LogP contribution >= 0.6 is 0 Å². The summed E-state index contributed by atoms with van der Waals surface area (Å²) in [5.41, 5.74) is 4.91. The average Bonchev–Trinajstić information content (AvgIpc) is 3.27. The lowest BCUT2D eigenvalue weighted by molar-refractivity contribution is -0.127. The Morgan fingerprint density at radius 2 is 1.63 bits per heavy atom. The Bertz CT molecular complexity index is 1300. The monoisotopic (exact) mass is 471 g/mol. The largest absolute Gasteiger partial charge is 0.383 e. The lowest BCUT2D eigenvalue weighted by Crippen LogP contribution is -2.46. The standard InChI is InChI=1S/C27H29N5O3/c1-19-8-12-21(13-9-19)26(27(34)28-16-17-35-3)32(22-14-10-20(2)11-15-22)25(33)18-31-24-7-5-4-6-23(24)29-30-31/h4-15,26H,16-18H2,1-3H3,(H,28,34). The van der Waals surface area contributed by atoms with Gasteiger partial charge in [-0.1, -0.05) is 64.9 Å². The Kier molecular flexibility index (Phi) is 7.52. The molecular formula is C27H29N5O3. The van der Waals surface area contributed by atoms with E-state index in [2.05, 4.69) is 15.6 Å². The number of hydrogen-bond donors (Lipinski definition) is 1. The van der Waals surface area contributed by atoms with Crippen LogP contribution in [0.1, 0.15) is 22.7 Å². The predicted octanol–water partition coefficient (Wildman–Crippen LogP) is 3.59. The highest BCUT2D eigenvalue weighted by atomic mass is 16.5. The van der Waals surface area contributed by atoms with Crippen molar-refractivity contribution < 1.29 is 14.3 Å². The van der Waals surface area contributed by atoms with Crippen LogP contribution in [-0.2, 0) is 20.9 Å². The van der Waals surface area contributed by atoms with Gasteiger partial charge in [0.2, 0.25) is 11.8 Å². The molecule has 4 rings (SSSR count). The topological polar surface area (TPSA) is 89.4 Å². The first kappa shape index (κ1) is 24.1. The van der Waals surface area contributed by atoms with Crippen molar-refractivity contribution in [1.82, 2.24) is 20.3 Å². The number of ether oxygens (including phenoxy) is 1. The van der Waals surface area contributed by atoms with Gasteiger partial charge in [-0.25, -0.2) is 4.68 Å². The van der Waals surface area contributed by atoms with Gasteiger partial charge >= 0.3 is 0 Å². The molecular weight excluding hydrogens is 442 g/mol. The van der Waals surface area contributed by atoms with Crippen LogP contribution in [0.15, 0.2) is 72.8 Å². The van der Waals surface area contributed by atoms with Gasteiger partial charge in [0.1, 0.15) is 18.1 Å². The van der Waals surface area contributed by atoms with Gasteiger partial charge in [0.05, 0.1) is 12.1 Å². The fourth-order valence-corrected chi connectivity index (χ4v) is 3.92. The number of nitrogens with one attached hydrogen (secondary N) is 1. The summed E-state index contributed by atoms with van der Waals surface area (Å²) in [4.78, 5) is 28.9. The number of hydrogen-bond acceptors (Lipinski definition) is 5. The van der Waals surface area contributed by atoms with Crippen molar-refractivity contribution in [3.63, 3.8) is 0 Å². The minimum absolute atomic E-state index is 0.0674. The Hall–Kier alpha value is -4.04. The maximum Gasteiger partial charge on any atom is 0.249 e. The molecule has 35 heavy (non-hydrogen) atoms. The summed E-state index contributed by atoms with van der Waals surface area (Å²) in [7, 11) is 1.58. The van der Waals surface area contributed by atoms with Gasteiger partial charge in [0.15, 0.2) is 0 Å². The van der Waals surface area contributed by atoms with Crippen LogP contribution in [0.3, 0.4) is 0 Å². The van der Waals surface area contributed by atoms with Crippen molar-refractivity contribution in [3.8, 4) is 0 Å². The number of benzene rings is 3. The molecule has 8 nitrogen and oxygen atoms in total. The highest BCUT2D eigenvalue weighted by Gasteiger charge is 2.33. The maximum absolute atomic E-state index is 13.9. The Balaban J connectivity index is 1.76. The van der Waals surface area contributed by atoms with E-state index in [0.717, 1.165) is 16.6 Å². The zero-order valence-electron chi connectivity index (χ0n) is 20.1. The fourth-order valence-electron chi connectivity index (χ4n) is 3.92. The SMILES string of the molecule is COCCNC(=O)C(c1ccc(C)cc1)N(C(=O)Cn1nnc2ccccc21)c1ccc(C)cc1. The van der Waals surface area contributed by atoms with Gasteiger partial charge in [-0.05, 0) is 43.7 Å². The Morgan fingerprint density at radius 3 is 2.31 bits per heavy atom. The number of para-hydroxylation sites is 1. The summed E-state index contributed by atoms with van der Waals surface area (Å²) in [5.74, 6) is -0.569. The molecule has 4 aromatic rings. The zero-order valence-corrected chi connectivity index (χ0v) is 20.1. The molecule has 0 fully saturated rings. The minimum Gasteiger partial charge on any atom is -0.383 e. The second kappa shape index (κ2) is 10.9. The normalized spacial score (nSPS) is 11.9. The van der Waals surface area contributed by atoms with E-state index in [9.17, 15) is 9.59 Å². The third kappa shape index (κ3) is 5.55. The van der Waals surface area contributed by atoms with E-state index < -0.39 is 6.04 Å². The lowest BCUT2D eigenvalue weighted by Gasteiger charge is -2.31. The number of anilines is 1. The van der Waals surface area contributed by atoms with Crippen molar-refractivity contribution in [2.75, 3.05) is 25.2 Å². The molecule has 8 heteroatoms. The van der Waals surface area contributed by atoms with Crippen LogP contribution in [0.4, 0.5) is 5.69 Å². The van der Waals surface area contributed by atoms with E-state index in [1.54, 1.807) is 16.7 Å². The van der Waals surface area contributed by atoms with Crippen molar-refractivity contribution in [2.24, 2.45) is 0 Å². The van der Waals surface area contributed by atoms with Crippen LogP contribution in [0.2, 0.25) is 0 Å². The molecule has 0 aliphatic carbocycles. The molecule has 0 radical (unpaired) electrons. The zero-order chi connectivity index (χ0) is 24.8. The van der Waals surface area contributed by atoms with Crippen molar-refractivity contribution in [3.05, 3.63) is 89.5 Å². The molecule has 0 bridgehead atoms. The number of amides is 2. The van der Waals surface area contributed by atoms with Gasteiger partial charge in [-0.2, -0.15) is 0 Å². The van der Waals surface area contributed by atoms with Gasteiger partial charge in [0.25, 0.3) is 0 Å². The molecule has 0 aliphatic rings. The van der Waals surface area contributed by atoms with E-state index in [-0.39, 0.29) is 18.4 Å². The number of carbonyl (C=O) groups is 2. The molecule has 1 unspecified atom stereocenters. The summed E-state index contributed by atoms with van der Waals surface area (Å²) in [6.07, 6.45) is 0. The van der Waals surface area contributed by atoms with E-state index in [1.165, 1.54) is 0 Å². The van der Waals surface area contributed by atoms with Crippen LogP contribution in [-0.4, -0.2) is 47.1 Å². The van der Waals surface area contributed by atoms with Crippen LogP contribution in [0.25, 0.3) is 11.0 Å². The Labute approximate surface area is 204 Å². The number of fused-ring (bicyclic) bond motifs is 1. The Morgan fingerprint density at radius 1 is 0.971 bits per heavy atom. The van der Waals surface area contributed by atoms with Gasteiger partial charge in [-0.3, -0.25) is 14.5 Å². The van der Waals surface area contributed by atoms with Crippen LogP contribution < -0.4 is 10.2 Å². The number of aryl methyl sites for hydroxylation is 2. The highest BCUT2D eigenvalue weighted by Crippen LogP contribution is 2.29. The third-order valence-electron chi connectivity index (χ3n) is 5.79. The maximum atomic E-state index is 13.9. The first-order chi connectivity index (χ1) is 17.0. The van der Waals surface area contributed by atoms with E-state index in [0.29, 0.717) is 29.9 Å². The molecule has 3 aromatic carbocycles. The number of aromatic nitrogens is 3. The number of carbonyl (C=O) groups excluding carboxylic acids is 2. The van der Waals surface area contributed by atoms with E-state index in [1.807, 2.05) is 86.6 Å². The molecule has 1 N–H and O–H groups in total. The van der Waals surface area contributed by atoms with Crippen molar-refractivity contribution >= 4 is 28.5 Å².